The SMILES string of the molecule is NC(=O)[C@@H](Cc1ccccc1)NC(=O)[C@H](Cc1ccccc1)NC(=O)[C@@H](Cc1ccccc1)NC(=O)OCc1ccccc1. The summed E-state index contributed by atoms with van der Waals surface area (Å²) >= 11 is 0. The highest BCUT2D eigenvalue weighted by Gasteiger charge is 2.30. The molecule has 0 unspecified atom stereocenters. The van der Waals surface area contributed by atoms with E-state index in [9.17, 15) is 19.2 Å². The summed E-state index contributed by atoms with van der Waals surface area (Å²) in [5.74, 6) is -1.86. The molecule has 0 aliphatic heterocycles. The van der Waals surface area contributed by atoms with Crippen molar-refractivity contribution in [2.45, 2.75) is 44.0 Å². The molecule has 0 saturated heterocycles. The minimum atomic E-state index is -1.07. The highest BCUT2D eigenvalue weighted by atomic mass is 16.5. The lowest BCUT2D eigenvalue weighted by Gasteiger charge is -2.25. The van der Waals surface area contributed by atoms with Crippen LogP contribution in [0.5, 0.6) is 0 Å². The van der Waals surface area contributed by atoms with Crippen LogP contribution in [0, 0.1) is 0 Å². The Morgan fingerprint density at radius 1 is 0.500 bits per heavy atom. The maximum absolute atomic E-state index is 13.7. The minimum absolute atomic E-state index is 0.0291. The van der Waals surface area contributed by atoms with Crippen molar-refractivity contribution in [2.24, 2.45) is 5.73 Å². The van der Waals surface area contributed by atoms with E-state index in [-0.39, 0.29) is 25.9 Å². The third-order valence-corrected chi connectivity index (χ3v) is 6.96. The molecular formula is C35H36N4O5. The van der Waals surface area contributed by atoms with E-state index in [1.54, 1.807) is 0 Å². The lowest BCUT2D eigenvalue weighted by Crippen LogP contribution is -2.57. The fraction of sp³-hybridized carbons (Fsp3) is 0.200. The Morgan fingerprint density at radius 3 is 1.25 bits per heavy atom. The molecule has 0 spiro atoms. The van der Waals surface area contributed by atoms with Gasteiger partial charge in [0.25, 0.3) is 0 Å². The van der Waals surface area contributed by atoms with E-state index in [0.29, 0.717) is 0 Å². The van der Waals surface area contributed by atoms with Crippen LogP contribution in [0.25, 0.3) is 0 Å². The lowest BCUT2D eigenvalue weighted by atomic mass is 10.0. The maximum atomic E-state index is 13.7. The Hall–Kier alpha value is -5.44. The van der Waals surface area contributed by atoms with Crippen molar-refractivity contribution in [1.29, 1.82) is 0 Å². The molecule has 0 fully saturated rings. The summed E-state index contributed by atoms with van der Waals surface area (Å²) in [6.07, 6.45) is -0.277. The number of rotatable bonds is 14. The summed E-state index contributed by atoms with van der Waals surface area (Å²) in [5, 5.41) is 8.17. The molecular weight excluding hydrogens is 556 g/mol. The third kappa shape index (κ3) is 10.1. The van der Waals surface area contributed by atoms with Crippen LogP contribution in [-0.4, -0.2) is 41.9 Å². The first kappa shape index (κ1) is 31.5. The smallest absolute Gasteiger partial charge is 0.408 e. The second-order valence-corrected chi connectivity index (χ2v) is 10.4. The molecule has 0 aromatic heterocycles. The Morgan fingerprint density at radius 2 is 0.841 bits per heavy atom. The molecule has 9 nitrogen and oxygen atoms in total. The first-order valence-electron chi connectivity index (χ1n) is 14.4. The van der Waals surface area contributed by atoms with Crippen LogP contribution in [0.1, 0.15) is 22.3 Å². The van der Waals surface area contributed by atoms with Crippen molar-refractivity contribution in [3.63, 3.8) is 0 Å². The number of alkyl carbamates (subject to hydrolysis) is 1. The van der Waals surface area contributed by atoms with E-state index in [0.717, 1.165) is 22.3 Å². The van der Waals surface area contributed by atoms with E-state index < -0.39 is 41.9 Å². The zero-order chi connectivity index (χ0) is 31.1. The van der Waals surface area contributed by atoms with Crippen LogP contribution >= 0.6 is 0 Å². The lowest BCUT2D eigenvalue weighted by molar-refractivity contribution is -0.131. The van der Waals surface area contributed by atoms with Gasteiger partial charge >= 0.3 is 6.09 Å². The van der Waals surface area contributed by atoms with Crippen LogP contribution in [0.2, 0.25) is 0 Å². The number of hydrogen-bond acceptors (Lipinski definition) is 5. The van der Waals surface area contributed by atoms with E-state index in [4.69, 9.17) is 10.5 Å². The van der Waals surface area contributed by atoms with Crippen molar-refractivity contribution >= 4 is 23.8 Å². The van der Waals surface area contributed by atoms with Crippen molar-refractivity contribution in [3.05, 3.63) is 144 Å². The molecule has 3 atom stereocenters. The van der Waals surface area contributed by atoms with Crippen LogP contribution in [-0.2, 0) is 45.0 Å². The molecule has 0 aliphatic rings. The molecule has 4 rings (SSSR count). The van der Waals surface area contributed by atoms with Gasteiger partial charge in [-0.15, -0.1) is 0 Å². The highest BCUT2D eigenvalue weighted by molar-refractivity contribution is 5.94. The molecule has 0 heterocycles. The van der Waals surface area contributed by atoms with Crippen molar-refractivity contribution < 1.29 is 23.9 Å². The molecule has 4 amide bonds. The van der Waals surface area contributed by atoms with Crippen LogP contribution in [0.3, 0.4) is 0 Å². The summed E-state index contributed by atoms with van der Waals surface area (Å²) in [4.78, 5) is 52.4. The summed E-state index contributed by atoms with van der Waals surface area (Å²) in [5.41, 5.74) is 8.86. The predicted octanol–water partition coefficient (Wildman–Crippen LogP) is 3.46. The second kappa shape index (κ2) is 16.3. The van der Waals surface area contributed by atoms with Gasteiger partial charge in [0.1, 0.15) is 24.7 Å². The van der Waals surface area contributed by atoms with Gasteiger partial charge in [-0.2, -0.15) is 0 Å². The van der Waals surface area contributed by atoms with Crippen LogP contribution in [0.15, 0.2) is 121 Å². The molecule has 0 aliphatic carbocycles. The summed E-state index contributed by atoms with van der Waals surface area (Å²) < 4.78 is 5.37. The van der Waals surface area contributed by atoms with E-state index in [1.807, 2.05) is 121 Å². The average Bonchev–Trinajstić information content (AvgIpc) is 3.04. The minimum Gasteiger partial charge on any atom is -0.445 e. The van der Waals surface area contributed by atoms with Gasteiger partial charge in [-0.05, 0) is 22.3 Å². The second-order valence-electron chi connectivity index (χ2n) is 10.4. The topological polar surface area (TPSA) is 140 Å². The third-order valence-electron chi connectivity index (χ3n) is 6.96. The quantitative estimate of drug-likeness (QED) is 0.178. The standard InChI is InChI=1S/C35H36N4O5/c36-32(40)29(21-25-13-5-1-6-14-25)37-33(41)30(22-26-15-7-2-8-16-26)38-34(42)31(23-27-17-9-3-10-18-27)39-35(43)44-24-28-19-11-4-12-20-28/h1-20,29-31H,21-24H2,(H2,36,40)(H,37,41)(H,38,42)(H,39,43)/t29-,30+,31-/m1/s1. The monoisotopic (exact) mass is 592 g/mol. The molecule has 0 radical (unpaired) electrons. The van der Waals surface area contributed by atoms with Gasteiger partial charge in [0, 0.05) is 19.3 Å². The Labute approximate surface area is 256 Å². The van der Waals surface area contributed by atoms with Gasteiger partial charge in [-0.3, -0.25) is 14.4 Å². The van der Waals surface area contributed by atoms with Crippen LogP contribution in [0.4, 0.5) is 4.79 Å². The van der Waals surface area contributed by atoms with Crippen LogP contribution < -0.4 is 21.7 Å². The number of nitrogens with one attached hydrogen (secondary N) is 3. The average molecular weight is 593 g/mol. The van der Waals surface area contributed by atoms with Gasteiger partial charge in [0.2, 0.25) is 17.7 Å². The van der Waals surface area contributed by atoms with Gasteiger partial charge in [0.15, 0.2) is 0 Å². The summed E-state index contributed by atoms with van der Waals surface area (Å²) in [7, 11) is 0. The number of primary amides is 1. The van der Waals surface area contributed by atoms with Crippen molar-refractivity contribution in [2.75, 3.05) is 0 Å². The molecule has 44 heavy (non-hydrogen) atoms. The first-order chi connectivity index (χ1) is 21.4. The van der Waals surface area contributed by atoms with Gasteiger partial charge in [-0.25, -0.2) is 4.79 Å². The van der Waals surface area contributed by atoms with Gasteiger partial charge in [-0.1, -0.05) is 121 Å². The van der Waals surface area contributed by atoms with E-state index in [2.05, 4.69) is 16.0 Å². The number of ether oxygens (including phenoxy) is 1. The zero-order valence-corrected chi connectivity index (χ0v) is 24.2. The number of benzene rings is 4. The fourth-order valence-corrected chi connectivity index (χ4v) is 4.64. The molecule has 226 valence electrons. The molecule has 5 N–H and O–H groups in total. The summed E-state index contributed by atoms with van der Waals surface area (Å²) in [6.45, 7) is 0.0291. The van der Waals surface area contributed by atoms with Gasteiger partial charge in [0.05, 0.1) is 0 Å². The summed E-state index contributed by atoms with van der Waals surface area (Å²) in [6, 6.07) is 33.6. The maximum Gasteiger partial charge on any atom is 0.408 e. The number of carbonyl (C=O) groups excluding carboxylic acids is 4. The Balaban J connectivity index is 1.51. The molecule has 4 aromatic carbocycles. The Bertz CT molecular complexity index is 1500. The van der Waals surface area contributed by atoms with Crippen molar-refractivity contribution in [3.8, 4) is 0 Å². The van der Waals surface area contributed by atoms with Crippen molar-refractivity contribution in [1.82, 2.24) is 16.0 Å². The molecule has 0 saturated carbocycles. The first-order valence-corrected chi connectivity index (χ1v) is 14.4. The van der Waals surface area contributed by atoms with Gasteiger partial charge < -0.3 is 26.4 Å². The zero-order valence-electron chi connectivity index (χ0n) is 24.2. The number of carbonyl (C=O) groups is 4. The number of nitrogens with two attached hydrogens (primary N) is 1. The molecule has 9 heteroatoms. The van der Waals surface area contributed by atoms with E-state index >= 15 is 0 Å². The Kier molecular flexibility index (Phi) is 11.6. The molecule has 0 bridgehead atoms. The predicted molar refractivity (Wildman–Crippen MR) is 167 cm³/mol. The highest BCUT2D eigenvalue weighted by Crippen LogP contribution is 2.10. The molecule has 4 aromatic rings. The van der Waals surface area contributed by atoms with E-state index in [1.165, 1.54) is 0 Å². The number of amides is 4. The number of hydrogen-bond donors (Lipinski definition) is 4. The fourth-order valence-electron chi connectivity index (χ4n) is 4.64. The largest absolute Gasteiger partial charge is 0.445 e. The normalized spacial score (nSPS) is 12.6.